The Labute approximate surface area is 64.8 Å². The summed E-state index contributed by atoms with van der Waals surface area (Å²) < 4.78 is 12.5. The molecule has 0 radical (unpaired) electrons. The van der Waals surface area contributed by atoms with E-state index in [4.69, 9.17) is 5.11 Å². The Balaban J connectivity index is 2.23. The van der Waals surface area contributed by atoms with Crippen LogP contribution in [0.15, 0.2) is 0 Å². The molecule has 0 amide bonds. The number of nitrogens with zero attached hydrogens (tertiary/aromatic N) is 1. The Morgan fingerprint density at radius 1 is 1.55 bits per heavy atom. The quantitative estimate of drug-likeness (QED) is 0.655. The second kappa shape index (κ2) is 3.67. The van der Waals surface area contributed by atoms with E-state index >= 15 is 0 Å². The molecule has 1 atom stereocenters. The van der Waals surface area contributed by atoms with Crippen LogP contribution in [0.5, 0.6) is 0 Å². The molecule has 64 valence electrons. The summed E-state index contributed by atoms with van der Waals surface area (Å²) >= 11 is 0. The van der Waals surface area contributed by atoms with Crippen LogP contribution < -0.4 is 0 Å². The Hall–Kier alpha value is -0.640. The molecule has 0 aromatic carbocycles. The molecule has 1 aliphatic rings. The van der Waals surface area contributed by atoms with Crippen molar-refractivity contribution >= 4 is 5.97 Å². The van der Waals surface area contributed by atoms with Crippen LogP contribution in [0.25, 0.3) is 0 Å². The summed E-state index contributed by atoms with van der Waals surface area (Å²) in [4.78, 5) is 11.9. The molecular formula is C7H12FNO2. The number of rotatable bonds is 3. The number of halogens is 1. The van der Waals surface area contributed by atoms with E-state index in [0.29, 0.717) is 0 Å². The lowest BCUT2D eigenvalue weighted by Crippen LogP contribution is -2.32. The van der Waals surface area contributed by atoms with Gasteiger partial charge >= 0.3 is 5.97 Å². The predicted molar refractivity (Wildman–Crippen MR) is 38.2 cm³/mol. The number of carboxylic acid groups (broad SMARTS) is 1. The van der Waals surface area contributed by atoms with Gasteiger partial charge in [0.25, 0.3) is 0 Å². The van der Waals surface area contributed by atoms with E-state index in [0.717, 1.165) is 25.9 Å². The van der Waals surface area contributed by atoms with Gasteiger partial charge in [-0.3, -0.25) is 4.90 Å². The third kappa shape index (κ3) is 2.46. The Morgan fingerprint density at radius 3 is 2.55 bits per heavy atom. The zero-order valence-corrected chi connectivity index (χ0v) is 6.29. The molecular weight excluding hydrogens is 149 g/mol. The molecule has 1 unspecified atom stereocenters. The van der Waals surface area contributed by atoms with Gasteiger partial charge in [0, 0.05) is 6.54 Å². The van der Waals surface area contributed by atoms with Gasteiger partial charge < -0.3 is 5.11 Å². The maximum absolute atomic E-state index is 12.5. The molecule has 1 fully saturated rings. The first-order valence-corrected chi connectivity index (χ1v) is 3.79. The van der Waals surface area contributed by atoms with Gasteiger partial charge in [-0.15, -0.1) is 0 Å². The highest BCUT2D eigenvalue weighted by molar-refractivity contribution is 5.72. The lowest BCUT2D eigenvalue weighted by atomic mass is 10.3. The fourth-order valence-corrected chi connectivity index (χ4v) is 1.27. The van der Waals surface area contributed by atoms with Crippen molar-refractivity contribution in [2.24, 2.45) is 0 Å². The van der Waals surface area contributed by atoms with Crippen LogP contribution in [0, 0.1) is 0 Å². The molecule has 1 rings (SSSR count). The van der Waals surface area contributed by atoms with E-state index in [-0.39, 0.29) is 6.54 Å². The molecule has 1 heterocycles. The van der Waals surface area contributed by atoms with Crippen molar-refractivity contribution in [1.82, 2.24) is 4.90 Å². The molecule has 0 aromatic rings. The minimum absolute atomic E-state index is 0.0509. The van der Waals surface area contributed by atoms with Crippen molar-refractivity contribution in [2.75, 3.05) is 19.6 Å². The molecule has 4 heteroatoms. The number of carboxylic acids is 1. The molecule has 1 N–H and O–H groups in total. The van der Waals surface area contributed by atoms with E-state index in [1.807, 2.05) is 4.90 Å². The average Bonchev–Trinajstić information content (AvgIpc) is 2.39. The molecule has 0 bridgehead atoms. The standard InChI is InChI=1S/C7H12FNO2/c8-6(7(10)11)5-9-3-1-2-4-9/h6H,1-5H2,(H,10,11). The van der Waals surface area contributed by atoms with Gasteiger partial charge in [0.15, 0.2) is 0 Å². The third-order valence-corrected chi connectivity index (χ3v) is 1.89. The van der Waals surface area contributed by atoms with Gasteiger partial charge in [-0.1, -0.05) is 0 Å². The average molecular weight is 161 g/mol. The Bertz CT molecular complexity index is 145. The highest BCUT2D eigenvalue weighted by Gasteiger charge is 2.21. The number of hydrogen-bond donors (Lipinski definition) is 1. The zero-order chi connectivity index (χ0) is 8.27. The summed E-state index contributed by atoms with van der Waals surface area (Å²) in [6, 6.07) is 0. The second-order valence-electron chi connectivity index (χ2n) is 2.81. The minimum Gasteiger partial charge on any atom is -0.479 e. The summed E-state index contributed by atoms with van der Waals surface area (Å²) in [6.07, 6.45) is 0.409. The number of likely N-dealkylation sites (tertiary alicyclic amines) is 1. The van der Waals surface area contributed by atoms with Crippen LogP contribution in [0.4, 0.5) is 4.39 Å². The van der Waals surface area contributed by atoms with E-state index in [9.17, 15) is 9.18 Å². The molecule has 0 aromatic heterocycles. The minimum atomic E-state index is -1.71. The predicted octanol–water partition coefficient (Wildman–Crippen LogP) is 0.505. The van der Waals surface area contributed by atoms with Gasteiger partial charge in [-0.25, -0.2) is 9.18 Å². The second-order valence-corrected chi connectivity index (χ2v) is 2.81. The smallest absolute Gasteiger partial charge is 0.339 e. The maximum atomic E-state index is 12.5. The molecule has 1 saturated heterocycles. The van der Waals surface area contributed by atoms with Crippen molar-refractivity contribution in [3.8, 4) is 0 Å². The zero-order valence-electron chi connectivity index (χ0n) is 6.29. The van der Waals surface area contributed by atoms with Gasteiger partial charge in [-0.05, 0) is 25.9 Å². The Morgan fingerprint density at radius 2 is 2.09 bits per heavy atom. The summed E-state index contributed by atoms with van der Waals surface area (Å²) in [5.41, 5.74) is 0. The molecule has 0 saturated carbocycles. The van der Waals surface area contributed by atoms with Crippen LogP contribution in [0.3, 0.4) is 0 Å². The topological polar surface area (TPSA) is 40.5 Å². The summed E-state index contributed by atoms with van der Waals surface area (Å²) in [5, 5.41) is 8.24. The van der Waals surface area contributed by atoms with Crippen molar-refractivity contribution in [3.63, 3.8) is 0 Å². The molecule has 11 heavy (non-hydrogen) atoms. The van der Waals surface area contributed by atoms with Gasteiger partial charge in [0.05, 0.1) is 0 Å². The fourth-order valence-electron chi connectivity index (χ4n) is 1.27. The van der Waals surface area contributed by atoms with Gasteiger partial charge in [-0.2, -0.15) is 0 Å². The highest BCUT2D eigenvalue weighted by atomic mass is 19.1. The van der Waals surface area contributed by atoms with E-state index in [1.54, 1.807) is 0 Å². The van der Waals surface area contributed by atoms with E-state index < -0.39 is 12.1 Å². The monoisotopic (exact) mass is 161 g/mol. The van der Waals surface area contributed by atoms with Crippen molar-refractivity contribution in [1.29, 1.82) is 0 Å². The van der Waals surface area contributed by atoms with Crippen LogP contribution in [-0.2, 0) is 4.79 Å². The molecule has 0 spiro atoms. The lowest BCUT2D eigenvalue weighted by Gasteiger charge is -2.14. The van der Waals surface area contributed by atoms with Crippen molar-refractivity contribution < 1.29 is 14.3 Å². The number of carbonyl (C=O) groups is 1. The lowest BCUT2D eigenvalue weighted by molar-refractivity contribution is -0.143. The van der Waals surface area contributed by atoms with Crippen LogP contribution >= 0.6 is 0 Å². The molecule has 1 aliphatic heterocycles. The van der Waals surface area contributed by atoms with E-state index in [1.165, 1.54) is 0 Å². The van der Waals surface area contributed by atoms with Gasteiger partial charge in [0.2, 0.25) is 6.17 Å². The first-order chi connectivity index (χ1) is 5.20. The fraction of sp³-hybridized carbons (Fsp3) is 0.857. The highest BCUT2D eigenvalue weighted by Crippen LogP contribution is 2.08. The maximum Gasteiger partial charge on any atom is 0.339 e. The van der Waals surface area contributed by atoms with E-state index in [2.05, 4.69) is 0 Å². The summed E-state index contributed by atoms with van der Waals surface area (Å²) in [5.74, 6) is -1.35. The first kappa shape index (κ1) is 8.46. The summed E-state index contributed by atoms with van der Waals surface area (Å²) in [6.45, 7) is 1.73. The van der Waals surface area contributed by atoms with Crippen molar-refractivity contribution in [2.45, 2.75) is 19.0 Å². The third-order valence-electron chi connectivity index (χ3n) is 1.89. The summed E-state index contributed by atoms with van der Waals surface area (Å²) in [7, 11) is 0. The largest absolute Gasteiger partial charge is 0.479 e. The Kier molecular flexibility index (Phi) is 2.82. The SMILES string of the molecule is O=C(O)C(F)CN1CCCC1. The number of aliphatic carboxylic acids is 1. The molecule has 0 aliphatic carbocycles. The van der Waals surface area contributed by atoms with Crippen LogP contribution in [0.1, 0.15) is 12.8 Å². The van der Waals surface area contributed by atoms with Crippen LogP contribution in [0.2, 0.25) is 0 Å². The van der Waals surface area contributed by atoms with Crippen molar-refractivity contribution in [3.05, 3.63) is 0 Å². The number of alkyl halides is 1. The number of hydrogen-bond acceptors (Lipinski definition) is 2. The van der Waals surface area contributed by atoms with Gasteiger partial charge in [0.1, 0.15) is 0 Å². The normalized spacial score (nSPS) is 21.9. The van der Waals surface area contributed by atoms with Crippen LogP contribution in [-0.4, -0.2) is 41.8 Å². The first-order valence-electron chi connectivity index (χ1n) is 3.79. The molecule has 3 nitrogen and oxygen atoms in total.